The minimum atomic E-state index is -3.68. The van der Waals surface area contributed by atoms with Crippen molar-refractivity contribution in [1.82, 2.24) is 4.98 Å². The average Bonchev–Trinajstić information content (AvgIpc) is 2.47. The third-order valence-corrected chi connectivity index (χ3v) is 4.72. The van der Waals surface area contributed by atoms with Crippen LogP contribution in [0.2, 0.25) is 0 Å². The molecule has 0 aliphatic heterocycles. The number of rotatable bonds is 3. The molecule has 1 heterocycles. The fourth-order valence-corrected chi connectivity index (χ4v) is 3.01. The summed E-state index contributed by atoms with van der Waals surface area (Å²) in [4.78, 5) is 3.85. The number of nitrogens with zero attached hydrogens (tertiary/aromatic N) is 3. The van der Waals surface area contributed by atoms with E-state index in [0.29, 0.717) is 5.69 Å². The number of benzene rings is 1. The summed E-state index contributed by atoms with van der Waals surface area (Å²) in [5, 5.41) is 8.68. The first kappa shape index (κ1) is 14.0. The normalized spacial score (nSPS) is 10.8. The average molecular weight is 287 g/mol. The lowest BCUT2D eigenvalue weighted by Crippen LogP contribution is -2.27. The maximum atomic E-state index is 12.5. The van der Waals surface area contributed by atoms with Crippen molar-refractivity contribution in [3.8, 4) is 6.07 Å². The lowest BCUT2D eigenvalue weighted by atomic mass is 10.2. The molecule has 5 nitrogen and oxygen atoms in total. The van der Waals surface area contributed by atoms with Crippen LogP contribution >= 0.6 is 0 Å². The van der Waals surface area contributed by atoms with Gasteiger partial charge in [-0.1, -0.05) is 18.2 Å². The molecule has 0 N–H and O–H groups in total. The minimum Gasteiger partial charge on any atom is -0.269 e. The second kappa shape index (κ2) is 5.31. The van der Waals surface area contributed by atoms with Crippen LogP contribution in [0, 0.1) is 18.3 Å². The largest absolute Gasteiger partial charge is 0.269 e. The van der Waals surface area contributed by atoms with Gasteiger partial charge in [0.2, 0.25) is 0 Å². The molecule has 0 saturated carbocycles. The van der Waals surface area contributed by atoms with E-state index in [1.165, 1.54) is 29.7 Å². The van der Waals surface area contributed by atoms with E-state index >= 15 is 0 Å². The fourth-order valence-electron chi connectivity index (χ4n) is 1.80. The number of anilines is 1. The second-order valence-corrected chi connectivity index (χ2v) is 6.22. The van der Waals surface area contributed by atoms with Crippen molar-refractivity contribution in [3.63, 3.8) is 0 Å². The van der Waals surface area contributed by atoms with Crippen LogP contribution in [-0.4, -0.2) is 20.4 Å². The Morgan fingerprint density at radius 2 is 1.90 bits per heavy atom. The zero-order chi connectivity index (χ0) is 14.8. The first-order valence-electron chi connectivity index (χ1n) is 5.87. The van der Waals surface area contributed by atoms with Crippen molar-refractivity contribution in [2.24, 2.45) is 0 Å². The molecule has 2 aromatic rings. The summed E-state index contributed by atoms with van der Waals surface area (Å²) >= 11 is 0. The molecule has 6 heteroatoms. The smallest absolute Gasteiger partial charge is 0.265 e. The SMILES string of the molecule is Cc1ccccc1N(C)S(=O)(=O)c1ccc(C#N)nc1. The van der Waals surface area contributed by atoms with Gasteiger partial charge in [-0.2, -0.15) is 5.26 Å². The highest BCUT2D eigenvalue weighted by Gasteiger charge is 2.22. The highest BCUT2D eigenvalue weighted by Crippen LogP contribution is 2.24. The van der Waals surface area contributed by atoms with E-state index in [1.54, 1.807) is 12.1 Å². The lowest BCUT2D eigenvalue weighted by molar-refractivity contribution is 0.594. The Morgan fingerprint density at radius 3 is 2.45 bits per heavy atom. The number of aromatic nitrogens is 1. The van der Waals surface area contributed by atoms with Gasteiger partial charge in [-0.25, -0.2) is 13.4 Å². The number of sulfonamides is 1. The standard InChI is InChI=1S/C14H13N3O2S/c1-11-5-3-4-6-14(11)17(2)20(18,19)13-8-7-12(9-15)16-10-13/h3-8,10H,1-2H3. The molecular weight excluding hydrogens is 274 g/mol. The molecule has 0 aliphatic rings. The first-order valence-corrected chi connectivity index (χ1v) is 7.31. The van der Waals surface area contributed by atoms with Gasteiger partial charge in [-0.15, -0.1) is 0 Å². The Balaban J connectivity index is 2.44. The maximum Gasteiger partial charge on any atom is 0.265 e. The van der Waals surface area contributed by atoms with E-state index < -0.39 is 10.0 Å². The monoisotopic (exact) mass is 287 g/mol. The van der Waals surface area contributed by atoms with Gasteiger partial charge < -0.3 is 0 Å². The molecule has 1 aromatic heterocycles. The fraction of sp³-hybridized carbons (Fsp3) is 0.143. The topological polar surface area (TPSA) is 74.1 Å². The highest BCUT2D eigenvalue weighted by atomic mass is 32.2. The zero-order valence-corrected chi connectivity index (χ0v) is 11.9. The van der Waals surface area contributed by atoms with E-state index in [-0.39, 0.29) is 10.6 Å². The van der Waals surface area contributed by atoms with Gasteiger partial charge in [0, 0.05) is 13.2 Å². The lowest BCUT2D eigenvalue weighted by Gasteiger charge is -2.21. The Labute approximate surface area is 118 Å². The molecule has 0 spiro atoms. The Kier molecular flexibility index (Phi) is 3.72. The van der Waals surface area contributed by atoms with E-state index in [2.05, 4.69) is 4.98 Å². The van der Waals surface area contributed by atoms with Crippen molar-refractivity contribution >= 4 is 15.7 Å². The number of aryl methyl sites for hydroxylation is 1. The summed E-state index contributed by atoms with van der Waals surface area (Å²) < 4.78 is 26.2. The number of para-hydroxylation sites is 1. The first-order chi connectivity index (χ1) is 9.46. The number of hydrogen-bond donors (Lipinski definition) is 0. The van der Waals surface area contributed by atoms with Gasteiger partial charge in [0.1, 0.15) is 16.7 Å². The van der Waals surface area contributed by atoms with Crippen LogP contribution in [0.25, 0.3) is 0 Å². The predicted octanol–water partition coefficient (Wildman–Crippen LogP) is 2.09. The predicted molar refractivity (Wildman–Crippen MR) is 75.7 cm³/mol. The van der Waals surface area contributed by atoms with E-state index in [4.69, 9.17) is 5.26 Å². The molecule has 1 aromatic carbocycles. The highest BCUT2D eigenvalue weighted by molar-refractivity contribution is 7.92. The quantitative estimate of drug-likeness (QED) is 0.866. The van der Waals surface area contributed by atoms with Gasteiger partial charge in [0.25, 0.3) is 10.0 Å². The summed E-state index contributed by atoms with van der Waals surface area (Å²) in [5.41, 5.74) is 1.65. The molecule has 0 bridgehead atoms. The third kappa shape index (κ3) is 2.49. The third-order valence-electron chi connectivity index (χ3n) is 2.96. The Morgan fingerprint density at radius 1 is 1.20 bits per heavy atom. The molecule has 0 amide bonds. The van der Waals surface area contributed by atoms with Crippen LogP contribution in [0.15, 0.2) is 47.5 Å². The summed E-state index contributed by atoms with van der Waals surface area (Å²) in [7, 11) is -2.18. The van der Waals surface area contributed by atoms with E-state index in [1.807, 2.05) is 25.1 Å². The molecular formula is C14H13N3O2S. The maximum absolute atomic E-state index is 12.5. The van der Waals surface area contributed by atoms with Crippen LogP contribution in [0.1, 0.15) is 11.3 Å². The minimum absolute atomic E-state index is 0.0576. The molecule has 0 aliphatic carbocycles. The summed E-state index contributed by atoms with van der Waals surface area (Å²) in [6.07, 6.45) is 1.20. The number of hydrogen-bond acceptors (Lipinski definition) is 4. The molecule has 0 saturated heterocycles. The Hall–Kier alpha value is -2.39. The number of nitriles is 1. The Bertz CT molecular complexity index is 762. The van der Waals surface area contributed by atoms with E-state index in [0.717, 1.165) is 5.56 Å². The van der Waals surface area contributed by atoms with Crippen molar-refractivity contribution in [1.29, 1.82) is 5.26 Å². The van der Waals surface area contributed by atoms with Gasteiger partial charge in [0.05, 0.1) is 5.69 Å². The van der Waals surface area contributed by atoms with Crippen molar-refractivity contribution in [3.05, 3.63) is 53.9 Å². The van der Waals surface area contributed by atoms with Crippen LogP contribution in [-0.2, 0) is 10.0 Å². The molecule has 0 unspecified atom stereocenters. The molecule has 102 valence electrons. The van der Waals surface area contributed by atoms with Crippen molar-refractivity contribution in [2.45, 2.75) is 11.8 Å². The molecule has 20 heavy (non-hydrogen) atoms. The van der Waals surface area contributed by atoms with Crippen LogP contribution in [0.3, 0.4) is 0 Å². The molecule has 2 rings (SSSR count). The van der Waals surface area contributed by atoms with Gasteiger partial charge in [0.15, 0.2) is 0 Å². The number of pyridine rings is 1. The van der Waals surface area contributed by atoms with Crippen molar-refractivity contribution < 1.29 is 8.42 Å². The van der Waals surface area contributed by atoms with Crippen LogP contribution < -0.4 is 4.31 Å². The van der Waals surface area contributed by atoms with E-state index in [9.17, 15) is 8.42 Å². The molecule has 0 atom stereocenters. The molecule has 0 fully saturated rings. The zero-order valence-electron chi connectivity index (χ0n) is 11.1. The summed E-state index contributed by atoms with van der Waals surface area (Å²) in [6.45, 7) is 1.85. The van der Waals surface area contributed by atoms with Gasteiger partial charge in [-0.3, -0.25) is 4.31 Å². The summed E-state index contributed by atoms with van der Waals surface area (Å²) in [6, 6.07) is 11.8. The molecule has 0 radical (unpaired) electrons. The second-order valence-electron chi connectivity index (χ2n) is 4.25. The van der Waals surface area contributed by atoms with Crippen LogP contribution in [0.4, 0.5) is 5.69 Å². The van der Waals surface area contributed by atoms with Gasteiger partial charge in [-0.05, 0) is 30.7 Å². The summed E-state index contributed by atoms with van der Waals surface area (Å²) in [5.74, 6) is 0. The van der Waals surface area contributed by atoms with Crippen molar-refractivity contribution in [2.75, 3.05) is 11.4 Å². The van der Waals surface area contributed by atoms with Gasteiger partial charge >= 0.3 is 0 Å². The van der Waals surface area contributed by atoms with Crippen LogP contribution in [0.5, 0.6) is 0 Å².